The zero-order valence-corrected chi connectivity index (χ0v) is 13.5. The Hall–Kier alpha value is -1.92. The highest BCUT2D eigenvalue weighted by atomic mass is 35.5. The molecule has 0 saturated carbocycles. The van der Waals surface area contributed by atoms with Crippen molar-refractivity contribution in [2.45, 2.75) is 12.8 Å². The third kappa shape index (κ3) is 3.28. The highest BCUT2D eigenvalue weighted by Gasteiger charge is 2.49. The molecule has 116 valence electrons. The van der Waals surface area contributed by atoms with Gasteiger partial charge in [0, 0.05) is 11.5 Å². The molecule has 1 aliphatic heterocycles. The van der Waals surface area contributed by atoms with Crippen molar-refractivity contribution in [3.8, 4) is 5.75 Å². The first-order valence-corrected chi connectivity index (χ1v) is 7.29. The zero-order valence-electron chi connectivity index (χ0n) is 11.9. The Morgan fingerprint density at radius 2 is 1.82 bits per heavy atom. The van der Waals surface area contributed by atoms with Crippen LogP contribution in [-0.2, 0) is 16.0 Å². The second-order valence-electron chi connectivity index (χ2n) is 5.04. The van der Waals surface area contributed by atoms with Crippen LogP contribution in [0.25, 0.3) is 0 Å². The fourth-order valence-corrected chi connectivity index (χ4v) is 2.80. The minimum absolute atomic E-state index is 0.000501. The first-order valence-electron chi connectivity index (χ1n) is 6.50. The molecule has 1 fully saturated rings. The average Bonchev–Trinajstić information content (AvgIpc) is 2.45. The number of halogens is 1. The van der Waals surface area contributed by atoms with E-state index in [1.807, 2.05) is 0 Å². The van der Waals surface area contributed by atoms with Gasteiger partial charge in [0.25, 0.3) is 0 Å². The highest BCUT2D eigenvalue weighted by molar-refractivity contribution is 7.80. The first-order chi connectivity index (χ1) is 10.4. The maximum absolute atomic E-state index is 12.4. The van der Waals surface area contributed by atoms with Gasteiger partial charge >= 0.3 is 0 Å². The molecule has 2 N–H and O–H groups in total. The van der Waals surface area contributed by atoms with Gasteiger partial charge in [-0.3, -0.25) is 9.59 Å². The van der Waals surface area contributed by atoms with Gasteiger partial charge in [-0.25, -0.2) is 0 Å². The molecule has 1 heterocycles. The van der Waals surface area contributed by atoms with Crippen molar-refractivity contribution in [3.63, 3.8) is 0 Å². The Morgan fingerprint density at radius 3 is 2.27 bits per heavy atom. The Balaban J connectivity index is 2.36. The van der Waals surface area contributed by atoms with Crippen LogP contribution in [0.15, 0.2) is 35.9 Å². The monoisotopic (exact) mass is 338 g/mol. The van der Waals surface area contributed by atoms with Crippen LogP contribution in [0, 0.1) is 5.41 Å². The molecular weight excluding hydrogens is 324 g/mol. The van der Waals surface area contributed by atoms with E-state index < -0.39 is 17.2 Å². The SMILES string of the molecule is C=C(Cl)CC1(Cc2ccc(OC)cc2)C(=O)NC(=S)NC1=O. The summed E-state index contributed by atoms with van der Waals surface area (Å²) in [5.74, 6) is -0.254. The van der Waals surface area contributed by atoms with Crippen LogP contribution >= 0.6 is 23.8 Å². The van der Waals surface area contributed by atoms with E-state index in [2.05, 4.69) is 17.2 Å². The van der Waals surface area contributed by atoms with E-state index in [9.17, 15) is 9.59 Å². The summed E-state index contributed by atoms with van der Waals surface area (Å²) in [7, 11) is 1.57. The van der Waals surface area contributed by atoms with Crippen molar-refractivity contribution in [1.29, 1.82) is 0 Å². The predicted molar refractivity (Wildman–Crippen MR) is 87.6 cm³/mol. The Morgan fingerprint density at radius 1 is 1.27 bits per heavy atom. The fourth-order valence-electron chi connectivity index (χ4n) is 2.38. The number of benzene rings is 1. The minimum Gasteiger partial charge on any atom is -0.497 e. The molecule has 0 aromatic heterocycles. The smallest absolute Gasteiger partial charge is 0.242 e. The van der Waals surface area contributed by atoms with Gasteiger partial charge < -0.3 is 15.4 Å². The van der Waals surface area contributed by atoms with Gasteiger partial charge in [0.2, 0.25) is 11.8 Å². The number of allylic oxidation sites excluding steroid dienone is 1. The molecule has 0 spiro atoms. The summed E-state index contributed by atoms with van der Waals surface area (Å²) in [6, 6.07) is 7.12. The minimum atomic E-state index is -1.37. The van der Waals surface area contributed by atoms with Gasteiger partial charge in [0.05, 0.1) is 7.11 Å². The van der Waals surface area contributed by atoms with Crippen molar-refractivity contribution in [1.82, 2.24) is 10.6 Å². The molecular formula is C15H15ClN2O3S. The second-order valence-corrected chi connectivity index (χ2v) is 5.98. The largest absolute Gasteiger partial charge is 0.497 e. The van der Waals surface area contributed by atoms with Crippen LogP contribution in [-0.4, -0.2) is 24.0 Å². The molecule has 1 aliphatic rings. The lowest BCUT2D eigenvalue weighted by atomic mass is 9.76. The summed E-state index contributed by atoms with van der Waals surface area (Å²) < 4.78 is 5.09. The lowest BCUT2D eigenvalue weighted by Crippen LogP contribution is -2.63. The molecule has 1 saturated heterocycles. The van der Waals surface area contributed by atoms with Crippen molar-refractivity contribution in [3.05, 3.63) is 41.4 Å². The molecule has 2 rings (SSSR count). The fraction of sp³-hybridized carbons (Fsp3) is 0.267. The van der Waals surface area contributed by atoms with Crippen LogP contribution in [0.4, 0.5) is 0 Å². The summed E-state index contributed by atoms with van der Waals surface area (Å²) >= 11 is 10.7. The third-order valence-corrected chi connectivity index (χ3v) is 3.82. The summed E-state index contributed by atoms with van der Waals surface area (Å²) in [6.07, 6.45) is 0.212. The summed E-state index contributed by atoms with van der Waals surface area (Å²) in [6.45, 7) is 3.60. The number of carbonyl (C=O) groups is 2. The molecule has 7 heteroatoms. The van der Waals surface area contributed by atoms with Gasteiger partial charge in [-0.2, -0.15) is 0 Å². The number of carbonyl (C=O) groups excluding carboxylic acids is 2. The molecule has 0 atom stereocenters. The van der Waals surface area contributed by atoms with Crippen LogP contribution in [0.5, 0.6) is 5.75 Å². The molecule has 2 amide bonds. The van der Waals surface area contributed by atoms with Crippen LogP contribution in [0.2, 0.25) is 0 Å². The van der Waals surface area contributed by atoms with E-state index in [4.69, 9.17) is 28.6 Å². The van der Waals surface area contributed by atoms with Crippen LogP contribution in [0.3, 0.4) is 0 Å². The van der Waals surface area contributed by atoms with Gasteiger partial charge in [-0.05, 0) is 36.3 Å². The molecule has 5 nitrogen and oxygen atoms in total. The normalized spacial score (nSPS) is 16.7. The van der Waals surface area contributed by atoms with Crippen molar-refractivity contribution >= 4 is 40.7 Å². The molecule has 0 unspecified atom stereocenters. The summed E-state index contributed by atoms with van der Waals surface area (Å²) in [4.78, 5) is 24.8. The van der Waals surface area contributed by atoms with Crippen LogP contribution < -0.4 is 15.4 Å². The standard InChI is InChI=1S/C15H15ClN2O3S/c1-9(16)7-15(12(19)17-14(22)18-13(15)20)8-10-3-5-11(21-2)6-4-10/h3-6H,1,7-8H2,2H3,(H2,17,18,19,20,22). The van der Waals surface area contributed by atoms with Gasteiger partial charge in [-0.15, -0.1) is 0 Å². The molecule has 0 aliphatic carbocycles. The maximum Gasteiger partial charge on any atom is 0.242 e. The van der Waals surface area contributed by atoms with Crippen molar-refractivity contribution < 1.29 is 14.3 Å². The van der Waals surface area contributed by atoms with Crippen LogP contribution in [0.1, 0.15) is 12.0 Å². The Kier molecular flexibility index (Phi) is 4.83. The number of methoxy groups -OCH3 is 1. The topological polar surface area (TPSA) is 67.4 Å². The number of hydrogen-bond acceptors (Lipinski definition) is 4. The lowest BCUT2D eigenvalue weighted by Gasteiger charge is -2.35. The first kappa shape index (κ1) is 16.5. The number of rotatable bonds is 5. The van der Waals surface area contributed by atoms with Gasteiger partial charge in [-0.1, -0.05) is 30.3 Å². The summed E-state index contributed by atoms with van der Waals surface area (Å²) in [5, 5.41) is 5.20. The maximum atomic E-state index is 12.4. The molecule has 1 aromatic carbocycles. The van der Waals surface area contributed by atoms with E-state index in [1.54, 1.807) is 31.4 Å². The van der Waals surface area contributed by atoms with E-state index >= 15 is 0 Å². The van der Waals surface area contributed by atoms with Gasteiger partial charge in [0.1, 0.15) is 11.2 Å². The van der Waals surface area contributed by atoms with E-state index in [-0.39, 0.29) is 23.0 Å². The van der Waals surface area contributed by atoms with E-state index in [0.29, 0.717) is 5.75 Å². The second kappa shape index (κ2) is 6.46. The highest BCUT2D eigenvalue weighted by Crippen LogP contribution is 2.34. The average molecular weight is 339 g/mol. The zero-order chi connectivity index (χ0) is 16.3. The lowest BCUT2D eigenvalue weighted by molar-refractivity contribution is -0.143. The number of ether oxygens (including phenoxy) is 1. The Labute approximate surface area is 138 Å². The van der Waals surface area contributed by atoms with Crippen molar-refractivity contribution in [2.24, 2.45) is 5.41 Å². The Bertz CT molecular complexity index is 623. The number of nitrogens with one attached hydrogen (secondary N) is 2. The quantitative estimate of drug-likeness (QED) is 0.635. The number of thiocarbonyl (C=S) groups is 1. The van der Waals surface area contributed by atoms with E-state index in [0.717, 1.165) is 5.56 Å². The summed E-state index contributed by atoms with van der Waals surface area (Å²) in [5.41, 5.74) is -0.563. The third-order valence-electron chi connectivity index (χ3n) is 3.48. The number of hydrogen-bond donors (Lipinski definition) is 2. The molecule has 0 radical (unpaired) electrons. The van der Waals surface area contributed by atoms with Gasteiger partial charge in [0.15, 0.2) is 5.11 Å². The van der Waals surface area contributed by atoms with E-state index in [1.165, 1.54) is 0 Å². The molecule has 0 bridgehead atoms. The predicted octanol–water partition coefficient (Wildman–Crippen LogP) is 1.90. The number of amides is 2. The molecule has 22 heavy (non-hydrogen) atoms. The van der Waals surface area contributed by atoms with Crippen molar-refractivity contribution in [2.75, 3.05) is 7.11 Å². The molecule has 1 aromatic rings.